The minimum Gasteiger partial charge on any atom is -0.497 e. The molecule has 8 nitrogen and oxygen atoms in total. The number of carbonyl (C=O) groups is 2. The summed E-state index contributed by atoms with van der Waals surface area (Å²) in [7, 11) is 2.93. The lowest BCUT2D eigenvalue weighted by Crippen LogP contribution is -2.36. The molecule has 1 aromatic heterocycles. The Bertz CT molecular complexity index is 1070. The molecule has 0 aliphatic heterocycles. The van der Waals surface area contributed by atoms with E-state index in [9.17, 15) is 9.59 Å². The van der Waals surface area contributed by atoms with Gasteiger partial charge in [-0.1, -0.05) is 26.0 Å². The summed E-state index contributed by atoms with van der Waals surface area (Å²) in [5.41, 5.74) is 1.21. The van der Waals surface area contributed by atoms with E-state index in [-0.39, 0.29) is 24.3 Å². The van der Waals surface area contributed by atoms with Crippen LogP contribution in [-0.2, 0) is 16.1 Å². The van der Waals surface area contributed by atoms with E-state index in [0.29, 0.717) is 28.5 Å². The van der Waals surface area contributed by atoms with E-state index in [1.807, 2.05) is 38.1 Å². The van der Waals surface area contributed by atoms with Gasteiger partial charge in [0.1, 0.15) is 17.6 Å². The Morgan fingerprint density at radius 2 is 1.71 bits per heavy atom. The van der Waals surface area contributed by atoms with Gasteiger partial charge in [-0.05, 0) is 42.3 Å². The fourth-order valence-corrected chi connectivity index (χ4v) is 3.09. The molecule has 162 valence electrons. The van der Waals surface area contributed by atoms with Crippen LogP contribution >= 0.6 is 0 Å². The van der Waals surface area contributed by atoms with Crippen molar-refractivity contribution in [1.29, 1.82) is 0 Å². The maximum absolute atomic E-state index is 12.5. The summed E-state index contributed by atoms with van der Waals surface area (Å²) in [6.45, 7) is 3.98. The molecule has 2 N–H and O–H groups in total. The number of methoxy groups -OCH3 is 2. The van der Waals surface area contributed by atoms with Crippen LogP contribution in [-0.4, -0.2) is 42.1 Å². The Morgan fingerprint density at radius 1 is 1.00 bits per heavy atom. The van der Waals surface area contributed by atoms with Gasteiger partial charge in [0.25, 0.3) is 5.91 Å². The number of aromatic nitrogens is 2. The van der Waals surface area contributed by atoms with Crippen LogP contribution in [0.5, 0.6) is 5.75 Å². The van der Waals surface area contributed by atoms with Crippen LogP contribution in [0.2, 0.25) is 0 Å². The van der Waals surface area contributed by atoms with Crippen molar-refractivity contribution < 1.29 is 19.1 Å². The molecular weight excluding hydrogens is 396 g/mol. The highest BCUT2D eigenvalue weighted by Crippen LogP contribution is 2.22. The van der Waals surface area contributed by atoms with Gasteiger partial charge in [0, 0.05) is 10.9 Å². The normalized spacial score (nSPS) is 11.8. The zero-order valence-electron chi connectivity index (χ0n) is 18.0. The Kier molecular flexibility index (Phi) is 7.02. The van der Waals surface area contributed by atoms with Crippen LogP contribution in [0.4, 0.5) is 5.82 Å². The number of carbonyl (C=O) groups excluding carboxylic acids is 2. The predicted molar refractivity (Wildman–Crippen MR) is 118 cm³/mol. The second kappa shape index (κ2) is 9.88. The van der Waals surface area contributed by atoms with Crippen molar-refractivity contribution in [3.05, 3.63) is 59.9 Å². The third kappa shape index (κ3) is 5.28. The van der Waals surface area contributed by atoms with Gasteiger partial charge in [-0.2, -0.15) is 0 Å². The van der Waals surface area contributed by atoms with E-state index >= 15 is 0 Å². The van der Waals surface area contributed by atoms with Crippen molar-refractivity contribution in [2.75, 3.05) is 19.5 Å². The lowest BCUT2D eigenvalue weighted by atomic mass is 10.0. The zero-order chi connectivity index (χ0) is 22.4. The number of amides is 1. The molecule has 0 aliphatic rings. The zero-order valence-corrected chi connectivity index (χ0v) is 18.0. The predicted octanol–water partition coefficient (Wildman–Crippen LogP) is 3.18. The fraction of sp³-hybridized carbons (Fsp3) is 0.304. The van der Waals surface area contributed by atoms with Crippen LogP contribution in [0, 0.1) is 5.92 Å². The number of benzene rings is 2. The van der Waals surface area contributed by atoms with E-state index in [4.69, 9.17) is 9.47 Å². The van der Waals surface area contributed by atoms with E-state index < -0.39 is 6.04 Å². The SMILES string of the molecule is COC(=O)[C@@H](Nc1nc(CNC(=O)c2ccc(OC)cc2)nc2ccccc12)C(C)C. The second-order valence-electron chi connectivity index (χ2n) is 7.31. The smallest absolute Gasteiger partial charge is 0.328 e. The minimum absolute atomic E-state index is 0.0144. The molecule has 3 aromatic rings. The standard InChI is InChI=1S/C23H26N4O4/c1-14(2)20(23(29)31-4)27-21-17-7-5-6-8-18(17)25-19(26-21)13-24-22(28)15-9-11-16(30-3)12-10-15/h5-12,14,20H,13H2,1-4H3,(H,24,28)(H,25,26,27)/t20-/m0/s1. The highest BCUT2D eigenvalue weighted by molar-refractivity contribution is 5.94. The molecule has 0 fully saturated rings. The van der Waals surface area contributed by atoms with Crippen molar-refractivity contribution in [3.8, 4) is 5.75 Å². The fourth-order valence-electron chi connectivity index (χ4n) is 3.09. The molecule has 0 saturated heterocycles. The molecule has 2 aromatic carbocycles. The summed E-state index contributed by atoms with van der Waals surface area (Å²) >= 11 is 0. The van der Waals surface area contributed by atoms with Crippen LogP contribution < -0.4 is 15.4 Å². The second-order valence-corrected chi connectivity index (χ2v) is 7.31. The first-order valence-corrected chi connectivity index (χ1v) is 9.95. The number of hydrogen-bond donors (Lipinski definition) is 2. The van der Waals surface area contributed by atoms with Crippen LogP contribution in [0.3, 0.4) is 0 Å². The number of anilines is 1. The topological polar surface area (TPSA) is 102 Å². The summed E-state index contributed by atoms with van der Waals surface area (Å²) in [6, 6.07) is 13.8. The van der Waals surface area contributed by atoms with Crippen molar-refractivity contribution in [1.82, 2.24) is 15.3 Å². The summed E-state index contributed by atoms with van der Waals surface area (Å²) in [6.07, 6.45) is 0. The van der Waals surface area contributed by atoms with Crippen molar-refractivity contribution in [3.63, 3.8) is 0 Å². The van der Waals surface area contributed by atoms with E-state index in [1.54, 1.807) is 31.4 Å². The first-order valence-electron chi connectivity index (χ1n) is 9.95. The highest BCUT2D eigenvalue weighted by atomic mass is 16.5. The summed E-state index contributed by atoms with van der Waals surface area (Å²) < 4.78 is 10.0. The third-order valence-electron chi connectivity index (χ3n) is 4.82. The highest BCUT2D eigenvalue weighted by Gasteiger charge is 2.24. The Labute approximate surface area is 181 Å². The molecule has 0 aliphatic carbocycles. The van der Waals surface area contributed by atoms with Crippen LogP contribution in [0.15, 0.2) is 48.5 Å². The Morgan fingerprint density at radius 3 is 2.35 bits per heavy atom. The first-order chi connectivity index (χ1) is 14.9. The molecular formula is C23H26N4O4. The molecule has 1 atom stereocenters. The molecule has 0 bridgehead atoms. The van der Waals surface area contributed by atoms with Gasteiger partial charge in [0.2, 0.25) is 0 Å². The average Bonchev–Trinajstić information content (AvgIpc) is 2.80. The molecule has 31 heavy (non-hydrogen) atoms. The molecule has 1 amide bonds. The van der Waals surface area contributed by atoms with E-state index in [1.165, 1.54) is 7.11 Å². The van der Waals surface area contributed by atoms with E-state index in [2.05, 4.69) is 20.6 Å². The number of para-hydroxylation sites is 1. The van der Waals surface area contributed by atoms with Gasteiger partial charge < -0.3 is 20.1 Å². The number of esters is 1. The Hall–Kier alpha value is -3.68. The van der Waals surface area contributed by atoms with Crippen molar-refractivity contribution in [2.45, 2.75) is 26.4 Å². The average molecular weight is 422 g/mol. The molecule has 1 heterocycles. The van der Waals surface area contributed by atoms with Gasteiger partial charge >= 0.3 is 5.97 Å². The van der Waals surface area contributed by atoms with Crippen LogP contribution in [0.1, 0.15) is 30.0 Å². The Balaban J connectivity index is 1.84. The van der Waals surface area contributed by atoms with E-state index in [0.717, 1.165) is 5.39 Å². The monoisotopic (exact) mass is 422 g/mol. The third-order valence-corrected chi connectivity index (χ3v) is 4.82. The molecule has 0 spiro atoms. The maximum Gasteiger partial charge on any atom is 0.328 e. The van der Waals surface area contributed by atoms with Gasteiger partial charge in [-0.3, -0.25) is 4.79 Å². The molecule has 0 radical (unpaired) electrons. The first kappa shape index (κ1) is 22.0. The number of fused-ring (bicyclic) bond motifs is 1. The molecule has 8 heteroatoms. The number of ether oxygens (including phenoxy) is 2. The number of nitrogens with zero attached hydrogens (tertiary/aromatic N) is 2. The van der Waals surface area contributed by atoms with Gasteiger partial charge in [-0.25, -0.2) is 14.8 Å². The summed E-state index contributed by atoms with van der Waals surface area (Å²) in [4.78, 5) is 33.8. The number of nitrogens with one attached hydrogen (secondary N) is 2. The minimum atomic E-state index is -0.565. The van der Waals surface area contributed by atoms with Crippen LogP contribution in [0.25, 0.3) is 10.9 Å². The number of rotatable bonds is 8. The maximum atomic E-state index is 12.5. The molecule has 0 unspecified atom stereocenters. The summed E-state index contributed by atoms with van der Waals surface area (Å²) in [5.74, 6) is 0.990. The molecule has 0 saturated carbocycles. The summed E-state index contributed by atoms with van der Waals surface area (Å²) in [5, 5.41) is 6.80. The van der Waals surface area contributed by atoms with Gasteiger partial charge in [0.05, 0.1) is 26.3 Å². The lowest BCUT2D eigenvalue weighted by Gasteiger charge is -2.21. The lowest BCUT2D eigenvalue weighted by molar-refractivity contribution is -0.142. The van der Waals surface area contributed by atoms with Crippen molar-refractivity contribution >= 4 is 28.6 Å². The van der Waals surface area contributed by atoms with Gasteiger partial charge in [0.15, 0.2) is 5.82 Å². The largest absolute Gasteiger partial charge is 0.497 e. The van der Waals surface area contributed by atoms with Gasteiger partial charge in [-0.15, -0.1) is 0 Å². The van der Waals surface area contributed by atoms with Crippen molar-refractivity contribution in [2.24, 2.45) is 5.92 Å². The quantitative estimate of drug-likeness (QED) is 0.538. The number of hydrogen-bond acceptors (Lipinski definition) is 7. The molecule has 3 rings (SSSR count).